The number of nitrogens with two attached hydrogens (primary N) is 1. The fourth-order valence-electron chi connectivity index (χ4n) is 1.07. The van der Waals surface area contributed by atoms with Crippen LogP contribution in [0.2, 0.25) is 0 Å². The number of nitrogens with zero attached hydrogens (tertiary/aromatic N) is 2. The van der Waals surface area contributed by atoms with E-state index in [0.717, 1.165) is 11.6 Å². The number of aromatic nitrogens is 3. The van der Waals surface area contributed by atoms with E-state index in [4.69, 9.17) is 5.73 Å². The van der Waals surface area contributed by atoms with E-state index in [0.29, 0.717) is 5.92 Å². The van der Waals surface area contributed by atoms with Crippen LogP contribution < -0.4 is 5.73 Å². The van der Waals surface area contributed by atoms with Gasteiger partial charge in [0.2, 0.25) is 0 Å². The van der Waals surface area contributed by atoms with Gasteiger partial charge in [-0.2, -0.15) is 5.10 Å². The lowest BCUT2D eigenvalue weighted by atomic mass is 9.96. The van der Waals surface area contributed by atoms with Crippen LogP contribution in [0.15, 0.2) is 0 Å². The van der Waals surface area contributed by atoms with Crippen LogP contribution >= 0.6 is 0 Å². The van der Waals surface area contributed by atoms with E-state index in [1.54, 1.807) is 0 Å². The normalized spacial score (nSPS) is 14.8. The summed E-state index contributed by atoms with van der Waals surface area (Å²) in [6.45, 7) is 10.4. The molecule has 1 aromatic heterocycles. The molecular weight excluding hydrogens is 176 g/mol. The molecule has 3 N–H and O–H groups in total. The number of hydrogen-bond donors (Lipinski definition) is 2. The second-order valence-electron chi connectivity index (χ2n) is 5.06. The first kappa shape index (κ1) is 11.2. The maximum atomic E-state index is 5.96. The molecule has 0 aliphatic rings. The van der Waals surface area contributed by atoms with Crippen LogP contribution in [0.3, 0.4) is 0 Å². The molecule has 4 heteroatoms. The first-order chi connectivity index (χ1) is 6.32. The highest BCUT2D eigenvalue weighted by Crippen LogP contribution is 2.20. The van der Waals surface area contributed by atoms with Crippen molar-refractivity contribution in [2.45, 2.75) is 46.1 Å². The molecule has 0 fully saturated rings. The third kappa shape index (κ3) is 2.32. The van der Waals surface area contributed by atoms with Gasteiger partial charge in [-0.05, 0) is 5.92 Å². The van der Waals surface area contributed by atoms with Crippen molar-refractivity contribution in [2.75, 3.05) is 0 Å². The predicted molar refractivity (Wildman–Crippen MR) is 56.8 cm³/mol. The van der Waals surface area contributed by atoms with E-state index in [1.165, 1.54) is 0 Å². The zero-order valence-electron chi connectivity index (χ0n) is 9.63. The monoisotopic (exact) mass is 196 g/mol. The Kier molecular flexibility index (Phi) is 2.95. The van der Waals surface area contributed by atoms with Crippen molar-refractivity contribution in [3.8, 4) is 0 Å². The molecule has 0 aliphatic heterocycles. The Morgan fingerprint density at radius 3 is 2.21 bits per heavy atom. The summed E-state index contributed by atoms with van der Waals surface area (Å²) in [7, 11) is 0. The summed E-state index contributed by atoms with van der Waals surface area (Å²) in [5.41, 5.74) is 5.94. The zero-order valence-corrected chi connectivity index (χ0v) is 9.63. The highest BCUT2D eigenvalue weighted by Gasteiger charge is 2.22. The van der Waals surface area contributed by atoms with Crippen LogP contribution in [0.5, 0.6) is 0 Å². The number of rotatable bonds is 2. The summed E-state index contributed by atoms with van der Waals surface area (Å²) in [5, 5.41) is 7.08. The molecule has 1 aromatic rings. The lowest BCUT2D eigenvalue weighted by molar-refractivity contribution is 0.489. The standard InChI is InChI=1S/C10H20N4/c1-6(2)7(11)8-12-9(14-13-8)10(3,4)5/h6-7H,11H2,1-5H3,(H,12,13,14). The fraction of sp³-hybridized carbons (Fsp3) is 0.800. The number of hydrogen-bond acceptors (Lipinski definition) is 3. The minimum atomic E-state index is -0.0569. The minimum absolute atomic E-state index is 0.0224. The second-order valence-corrected chi connectivity index (χ2v) is 5.06. The van der Waals surface area contributed by atoms with Gasteiger partial charge in [0, 0.05) is 5.41 Å². The molecule has 0 saturated heterocycles. The van der Waals surface area contributed by atoms with E-state index >= 15 is 0 Å². The van der Waals surface area contributed by atoms with E-state index in [-0.39, 0.29) is 11.5 Å². The maximum absolute atomic E-state index is 5.96. The molecule has 14 heavy (non-hydrogen) atoms. The van der Waals surface area contributed by atoms with E-state index in [1.807, 2.05) is 0 Å². The Hall–Kier alpha value is -0.900. The van der Waals surface area contributed by atoms with Gasteiger partial charge in [0.15, 0.2) is 5.82 Å². The van der Waals surface area contributed by atoms with Gasteiger partial charge >= 0.3 is 0 Å². The van der Waals surface area contributed by atoms with Crippen molar-refractivity contribution in [1.82, 2.24) is 15.2 Å². The van der Waals surface area contributed by atoms with Crippen LogP contribution in [0.1, 0.15) is 52.3 Å². The van der Waals surface area contributed by atoms with Gasteiger partial charge < -0.3 is 5.73 Å². The first-order valence-electron chi connectivity index (χ1n) is 5.00. The molecule has 0 bridgehead atoms. The average molecular weight is 196 g/mol. The smallest absolute Gasteiger partial charge is 0.156 e. The lowest BCUT2D eigenvalue weighted by Gasteiger charge is -2.13. The van der Waals surface area contributed by atoms with Gasteiger partial charge in [-0.25, -0.2) is 4.98 Å². The van der Waals surface area contributed by atoms with Crippen LogP contribution in [0.25, 0.3) is 0 Å². The summed E-state index contributed by atoms with van der Waals surface area (Å²) >= 11 is 0. The molecule has 0 aliphatic carbocycles. The molecule has 0 spiro atoms. The Morgan fingerprint density at radius 1 is 1.29 bits per heavy atom. The quantitative estimate of drug-likeness (QED) is 0.757. The van der Waals surface area contributed by atoms with Crippen LogP contribution in [0.4, 0.5) is 0 Å². The van der Waals surface area contributed by atoms with E-state index in [2.05, 4.69) is 49.8 Å². The van der Waals surface area contributed by atoms with Crippen molar-refractivity contribution in [3.63, 3.8) is 0 Å². The Labute approximate surface area is 85.3 Å². The molecule has 1 rings (SSSR count). The SMILES string of the molecule is CC(C)C(N)c1nc(C(C)(C)C)n[nH]1. The number of nitrogens with one attached hydrogen (secondary N) is 1. The fourth-order valence-corrected chi connectivity index (χ4v) is 1.07. The van der Waals surface area contributed by atoms with Crippen molar-refractivity contribution in [2.24, 2.45) is 11.7 Å². The van der Waals surface area contributed by atoms with Gasteiger partial charge in [0.25, 0.3) is 0 Å². The summed E-state index contributed by atoms with van der Waals surface area (Å²) in [4.78, 5) is 4.41. The highest BCUT2D eigenvalue weighted by molar-refractivity contribution is 5.04. The van der Waals surface area contributed by atoms with Crippen LogP contribution in [-0.4, -0.2) is 15.2 Å². The second kappa shape index (κ2) is 3.69. The van der Waals surface area contributed by atoms with Crippen LogP contribution in [0, 0.1) is 5.92 Å². The third-order valence-electron chi connectivity index (χ3n) is 2.21. The predicted octanol–water partition coefficient (Wildman–Crippen LogP) is 1.76. The molecular formula is C10H20N4. The molecule has 0 radical (unpaired) electrons. The van der Waals surface area contributed by atoms with Gasteiger partial charge in [0.1, 0.15) is 5.82 Å². The molecule has 80 valence electrons. The zero-order chi connectivity index (χ0) is 10.9. The van der Waals surface area contributed by atoms with Gasteiger partial charge in [-0.1, -0.05) is 34.6 Å². The summed E-state index contributed by atoms with van der Waals surface area (Å²) < 4.78 is 0. The third-order valence-corrected chi connectivity index (χ3v) is 2.21. The van der Waals surface area contributed by atoms with E-state index < -0.39 is 0 Å². The minimum Gasteiger partial charge on any atom is -0.321 e. The molecule has 1 atom stereocenters. The van der Waals surface area contributed by atoms with Gasteiger partial charge in [-0.3, -0.25) is 5.10 Å². The number of H-pyrrole nitrogens is 1. The molecule has 4 nitrogen and oxygen atoms in total. The van der Waals surface area contributed by atoms with Gasteiger partial charge in [0.05, 0.1) is 6.04 Å². The molecule has 0 saturated carbocycles. The van der Waals surface area contributed by atoms with Crippen LogP contribution in [-0.2, 0) is 5.41 Å². The summed E-state index contributed by atoms with van der Waals surface area (Å²) in [5.74, 6) is 1.98. The van der Waals surface area contributed by atoms with Crippen molar-refractivity contribution in [3.05, 3.63) is 11.6 Å². The van der Waals surface area contributed by atoms with Gasteiger partial charge in [-0.15, -0.1) is 0 Å². The van der Waals surface area contributed by atoms with Crippen molar-refractivity contribution < 1.29 is 0 Å². The molecule has 0 aromatic carbocycles. The molecule has 0 amide bonds. The number of aromatic amines is 1. The molecule has 1 heterocycles. The Morgan fingerprint density at radius 2 is 1.86 bits per heavy atom. The van der Waals surface area contributed by atoms with E-state index in [9.17, 15) is 0 Å². The summed E-state index contributed by atoms with van der Waals surface area (Å²) in [6, 6.07) is -0.0569. The maximum Gasteiger partial charge on any atom is 0.156 e. The first-order valence-corrected chi connectivity index (χ1v) is 5.00. The Balaban J connectivity index is 2.89. The van der Waals surface area contributed by atoms with Crippen molar-refractivity contribution >= 4 is 0 Å². The van der Waals surface area contributed by atoms with Crippen molar-refractivity contribution in [1.29, 1.82) is 0 Å². The Bertz CT molecular complexity index is 295. The topological polar surface area (TPSA) is 67.6 Å². The largest absolute Gasteiger partial charge is 0.321 e. The highest BCUT2D eigenvalue weighted by atomic mass is 15.2. The summed E-state index contributed by atoms with van der Waals surface area (Å²) in [6.07, 6.45) is 0. The lowest BCUT2D eigenvalue weighted by Crippen LogP contribution is -2.19. The molecule has 1 unspecified atom stereocenters. The average Bonchev–Trinajstić information content (AvgIpc) is 2.49.